The molecule has 0 fully saturated rings. The summed E-state index contributed by atoms with van der Waals surface area (Å²) in [5.74, 6) is -1.41. The van der Waals surface area contributed by atoms with Gasteiger partial charge in [-0.15, -0.1) is 0 Å². The third kappa shape index (κ3) is 4.67. The maximum Gasteiger partial charge on any atom is 0.441 e. The molecule has 0 radical (unpaired) electrons. The summed E-state index contributed by atoms with van der Waals surface area (Å²) in [5.41, 5.74) is 0. The molecule has 1 aromatic heterocycles. The molecule has 0 bridgehead atoms. The van der Waals surface area contributed by atoms with E-state index in [0.29, 0.717) is 18.7 Å². The summed E-state index contributed by atoms with van der Waals surface area (Å²) in [7, 11) is 1.15. The molecule has 1 aromatic rings. The van der Waals surface area contributed by atoms with E-state index in [4.69, 9.17) is 4.52 Å². The molecule has 26 heavy (non-hydrogen) atoms. The van der Waals surface area contributed by atoms with E-state index >= 15 is 0 Å². The first-order valence-electron chi connectivity index (χ1n) is 8.39. The highest BCUT2D eigenvalue weighted by Crippen LogP contribution is 2.27. The van der Waals surface area contributed by atoms with Crippen LogP contribution in [0.25, 0.3) is 0 Å². The topological polar surface area (TPSA) is 147 Å². The van der Waals surface area contributed by atoms with E-state index in [1.807, 2.05) is 0 Å². The van der Waals surface area contributed by atoms with Gasteiger partial charge >= 0.3 is 11.7 Å². The van der Waals surface area contributed by atoms with Gasteiger partial charge in [0.25, 0.3) is 0 Å². The van der Waals surface area contributed by atoms with Crippen molar-refractivity contribution in [1.29, 1.82) is 0 Å². The van der Waals surface area contributed by atoms with Crippen molar-refractivity contribution in [1.82, 2.24) is 15.0 Å². The van der Waals surface area contributed by atoms with Gasteiger partial charge in [0.2, 0.25) is 11.9 Å². The molecule has 0 spiro atoms. The predicted octanol–water partition coefficient (Wildman–Crippen LogP) is 0.207. The molecule has 3 unspecified atom stereocenters. The first kappa shape index (κ1) is 19.6. The molecule has 0 saturated heterocycles. The number of esters is 1. The maximum absolute atomic E-state index is 11.9. The first-order valence-corrected chi connectivity index (χ1v) is 8.39. The number of nitro groups is 1. The molecule has 11 nitrogen and oxygen atoms in total. The minimum atomic E-state index is -1.15. The van der Waals surface area contributed by atoms with E-state index in [2.05, 4.69) is 15.2 Å². The van der Waals surface area contributed by atoms with Crippen molar-refractivity contribution >= 4 is 11.9 Å². The van der Waals surface area contributed by atoms with E-state index in [1.165, 1.54) is 11.5 Å². The summed E-state index contributed by atoms with van der Waals surface area (Å²) in [5, 5.41) is 17.6. The number of aryl methyl sites for hydroxylation is 1. The highest BCUT2D eigenvalue weighted by atomic mass is 16.6. The van der Waals surface area contributed by atoms with Crippen molar-refractivity contribution in [3.63, 3.8) is 0 Å². The van der Waals surface area contributed by atoms with Crippen molar-refractivity contribution in [3.8, 4) is 0 Å². The zero-order chi connectivity index (χ0) is 19.3. The SMILES string of the molecule is COC(=O)C(CC(CC1CCCCc2noc(=O)n21)[N+](=O)[O-])NC(C)=O. The molecule has 2 heterocycles. The minimum absolute atomic E-state index is 0.0220. The number of nitrogens with zero attached hydrogens (tertiary/aromatic N) is 3. The summed E-state index contributed by atoms with van der Waals surface area (Å²) in [4.78, 5) is 46.1. The van der Waals surface area contributed by atoms with Crippen LogP contribution in [-0.4, -0.2) is 45.7 Å². The number of methoxy groups -OCH3 is 1. The van der Waals surface area contributed by atoms with Crippen molar-refractivity contribution in [2.24, 2.45) is 0 Å². The Labute approximate surface area is 148 Å². The zero-order valence-electron chi connectivity index (χ0n) is 14.7. The Morgan fingerprint density at radius 1 is 1.50 bits per heavy atom. The molecular formula is C15H22N4O7. The number of carbonyl (C=O) groups excluding carboxylic acids is 2. The highest BCUT2D eigenvalue weighted by molar-refractivity contribution is 5.83. The fraction of sp³-hybridized carbons (Fsp3) is 0.733. The normalized spacial score (nSPS) is 18.9. The quantitative estimate of drug-likeness (QED) is 0.407. The standard InChI is InChI=1S/C15H22N4O7/c1-9(20)16-12(14(21)25-2)8-11(19(23)24)7-10-5-3-4-6-13-17-26-15(22)18(10)13/h10-12H,3-8H2,1-2H3,(H,16,20). The molecule has 1 amide bonds. The first-order chi connectivity index (χ1) is 12.3. The second-order valence-electron chi connectivity index (χ2n) is 6.32. The van der Waals surface area contributed by atoms with Gasteiger partial charge in [-0.05, 0) is 12.8 Å². The largest absolute Gasteiger partial charge is 0.467 e. The van der Waals surface area contributed by atoms with Crippen molar-refractivity contribution in [3.05, 3.63) is 26.5 Å². The number of hydrogen-bond donors (Lipinski definition) is 1. The van der Waals surface area contributed by atoms with E-state index in [9.17, 15) is 24.5 Å². The van der Waals surface area contributed by atoms with Crippen LogP contribution in [0.5, 0.6) is 0 Å². The van der Waals surface area contributed by atoms with Gasteiger partial charge in [-0.1, -0.05) is 11.6 Å². The molecule has 1 aliphatic heterocycles. The molecule has 0 aromatic carbocycles. The Kier molecular flexibility index (Phi) is 6.47. The van der Waals surface area contributed by atoms with E-state index in [-0.39, 0.29) is 12.8 Å². The van der Waals surface area contributed by atoms with Crippen LogP contribution in [0.3, 0.4) is 0 Å². The molecule has 2 rings (SSSR count). The third-order valence-corrected chi connectivity index (χ3v) is 4.47. The van der Waals surface area contributed by atoms with Crippen LogP contribution in [0, 0.1) is 10.1 Å². The maximum atomic E-state index is 11.9. The van der Waals surface area contributed by atoms with Crippen molar-refractivity contribution in [2.45, 2.75) is 63.6 Å². The van der Waals surface area contributed by atoms with Crippen LogP contribution >= 0.6 is 0 Å². The van der Waals surface area contributed by atoms with Crippen LogP contribution in [-0.2, 0) is 20.7 Å². The van der Waals surface area contributed by atoms with Gasteiger partial charge in [-0.2, -0.15) is 0 Å². The lowest BCUT2D eigenvalue weighted by Crippen LogP contribution is -2.44. The Morgan fingerprint density at radius 2 is 2.23 bits per heavy atom. The summed E-state index contributed by atoms with van der Waals surface area (Å²) in [6.45, 7) is 1.21. The summed E-state index contributed by atoms with van der Waals surface area (Å²) < 4.78 is 10.7. The molecular weight excluding hydrogens is 348 g/mol. The summed E-state index contributed by atoms with van der Waals surface area (Å²) in [6.07, 6.45) is 2.54. The minimum Gasteiger partial charge on any atom is -0.467 e. The average Bonchev–Trinajstić information content (AvgIpc) is 2.82. The van der Waals surface area contributed by atoms with Gasteiger partial charge in [0, 0.05) is 37.2 Å². The molecule has 0 aliphatic carbocycles. The van der Waals surface area contributed by atoms with E-state index in [1.54, 1.807) is 0 Å². The molecule has 0 saturated carbocycles. The van der Waals surface area contributed by atoms with Gasteiger partial charge in [-0.25, -0.2) is 9.59 Å². The van der Waals surface area contributed by atoms with Crippen LogP contribution in [0.4, 0.5) is 0 Å². The number of carbonyl (C=O) groups is 2. The lowest BCUT2D eigenvalue weighted by atomic mass is 9.97. The molecule has 3 atom stereocenters. The number of hydrogen-bond acceptors (Lipinski definition) is 8. The van der Waals surface area contributed by atoms with Crippen molar-refractivity contribution in [2.75, 3.05) is 7.11 Å². The second-order valence-corrected chi connectivity index (χ2v) is 6.32. The van der Waals surface area contributed by atoms with Gasteiger partial charge in [-0.3, -0.25) is 24.0 Å². The average molecular weight is 370 g/mol. The Morgan fingerprint density at radius 3 is 2.85 bits per heavy atom. The number of ether oxygens (including phenoxy) is 1. The van der Waals surface area contributed by atoms with Crippen LogP contribution in [0.1, 0.15) is 50.9 Å². The number of fused-ring (bicyclic) bond motifs is 1. The summed E-state index contributed by atoms with van der Waals surface area (Å²) >= 11 is 0. The van der Waals surface area contributed by atoms with Gasteiger partial charge in [0.05, 0.1) is 7.11 Å². The Balaban J connectivity index is 2.21. The van der Waals surface area contributed by atoms with Crippen LogP contribution in [0.15, 0.2) is 9.32 Å². The zero-order valence-corrected chi connectivity index (χ0v) is 14.7. The second kappa shape index (κ2) is 8.59. The van der Waals surface area contributed by atoms with E-state index in [0.717, 1.165) is 20.0 Å². The predicted molar refractivity (Wildman–Crippen MR) is 87.0 cm³/mol. The number of nitrogens with one attached hydrogen (secondary N) is 1. The fourth-order valence-corrected chi connectivity index (χ4v) is 3.28. The van der Waals surface area contributed by atoms with Gasteiger partial charge in [0.15, 0.2) is 5.82 Å². The fourth-order valence-electron chi connectivity index (χ4n) is 3.28. The Hall–Kier alpha value is -2.72. The molecule has 11 heteroatoms. The smallest absolute Gasteiger partial charge is 0.441 e. The molecule has 144 valence electrons. The summed E-state index contributed by atoms with van der Waals surface area (Å²) in [6, 6.07) is -2.72. The van der Waals surface area contributed by atoms with Gasteiger partial charge < -0.3 is 10.1 Å². The molecule has 1 N–H and O–H groups in total. The third-order valence-electron chi connectivity index (χ3n) is 4.47. The number of rotatable bonds is 7. The number of aromatic nitrogens is 2. The van der Waals surface area contributed by atoms with E-state index < -0.39 is 40.7 Å². The molecule has 1 aliphatic rings. The highest BCUT2D eigenvalue weighted by Gasteiger charge is 2.35. The van der Waals surface area contributed by atoms with Crippen molar-refractivity contribution < 1.29 is 23.8 Å². The number of amides is 1. The Bertz CT molecular complexity index is 726. The van der Waals surface area contributed by atoms with Crippen LogP contribution in [0.2, 0.25) is 0 Å². The van der Waals surface area contributed by atoms with Crippen LogP contribution < -0.4 is 11.1 Å². The monoisotopic (exact) mass is 370 g/mol. The van der Waals surface area contributed by atoms with Gasteiger partial charge in [0.1, 0.15) is 6.04 Å². The lowest BCUT2D eigenvalue weighted by Gasteiger charge is -2.21. The lowest BCUT2D eigenvalue weighted by molar-refractivity contribution is -0.525.